The molecule has 134 valence electrons. The van der Waals surface area contributed by atoms with E-state index in [1.807, 2.05) is 36.5 Å². The SMILES string of the molecule is O=C(CNC(=O)c1ccc(Br)o1)NCCc1cnn(-c2ccccc2)c1. The molecule has 0 unspecified atom stereocenters. The van der Waals surface area contributed by atoms with Crippen molar-refractivity contribution in [3.63, 3.8) is 0 Å². The maximum Gasteiger partial charge on any atom is 0.287 e. The smallest absolute Gasteiger partial charge is 0.287 e. The number of aromatic nitrogens is 2. The van der Waals surface area contributed by atoms with Gasteiger partial charge in [-0.1, -0.05) is 18.2 Å². The van der Waals surface area contributed by atoms with Gasteiger partial charge < -0.3 is 15.1 Å². The average Bonchev–Trinajstić information content (AvgIpc) is 3.30. The first kappa shape index (κ1) is 17.9. The third-order valence-electron chi connectivity index (χ3n) is 3.60. The summed E-state index contributed by atoms with van der Waals surface area (Å²) >= 11 is 3.12. The largest absolute Gasteiger partial charge is 0.444 e. The molecule has 26 heavy (non-hydrogen) atoms. The Morgan fingerprint density at radius 1 is 1.12 bits per heavy atom. The molecule has 0 aliphatic rings. The van der Waals surface area contributed by atoms with Gasteiger partial charge in [0.2, 0.25) is 5.91 Å². The fraction of sp³-hybridized carbons (Fsp3) is 0.167. The summed E-state index contributed by atoms with van der Waals surface area (Å²) in [4.78, 5) is 23.6. The van der Waals surface area contributed by atoms with Crippen LogP contribution in [0.5, 0.6) is 0 Å². The lowest BCUT2D eigenvalue weighted by atomic mass is 10.2. The number of benzene rings is 1. The van der Waals surface area contributed by atoms with Gasteiger partial charge in [-0.2, -0.15) is 5.10 Å². The predicted octanol–water partition coefficient (Wildman–Crippen LogP) is 2.32. The first-order valence-electron chi connectivity index (χ1n) is 8.01. The molecular formula is C18H17BrN4O3. The molecule has 3 rings (SSSR count). The number of amides is 2. The minimum absolute atomic E-state index is 0.111. The van der Waals surface area contributed by atoms with Gasteiger partial charge in [0, 0.05) is 12.7 Å². The fourth-order valence-corrected chi connectivity index (χ4v) is 2.61. The highest BCUT2D eigenvalue weighted by Gasteiger charge is 2.11. The number of rotatable bonds is 7. The Balaban J connectivity index is 1.40. The van der Waals surface area contributed by atoms with Gasteiger partial charge in [-0.25, -0.2) is 4.68 Å². The van der Waals surface area contributed by atoms with Crippen LogP contribution in [-0.2, 0) is 11.2 Å². The zero-order valence-corrected chi connectivity index (χ0v) is 15.4. The third kappa shape index (κ3) is 4.82. The van der Waals surface area contributed by atoms with Gasteiger partial charge in [0.25, 0.3) is 5.91 Å². The van der Waals surface area contributed by atoms with Crippen molar-refractivity contribution in [1.82, 2.24) is 20.4 Å². The number of carbonyl (C=O) groups is 2. The molecule has 3 aromatic rings. The van der Waals surface area contributed by atoms with Crippen LogP contribution in [0.25, 0.3) is 5.69 Å². The Morgan fingerprint density at radius 2 is 1.92 bits per heavy atom. The summed E-state index contributed by atoms with van der Waals surface area (Å²) in [5, 5.41) is 9.58. The minimum Gasteiger partial charge on any atom is -0.444 e. The molecule has 1 aromatic carbocycles. The summed E-state index contributed by atoms with van der Waals surface area (Å²) in [6.07, 6.45) is 4.35. The molecule has 0 aliphatic heterocycles. The number of hydrogen-bond acceptors (Lipinski definition) is 4. The zero-order chi connectivity index (χ0) is 18.4. The minimum atomic E-state index is -0.435. The van der Waals surface area contributed by atoms with E-state index in [0.29, 0.717) is 17.6 Å². The summed E-state index contributed by atoms with van der Waals surface area (Å²) < 4.78 is 7.37. The van der Waals surface area contributed by atoms with Crippen molar-refractivity contribution < 1.29 is 14.0 Å². The van der Waals surface area contributed by atoms with Gasteiger partial charge in [0.1, 0.15) is 0 Å². The van der Waals surface area contributed by atoms with Gasteiger partial charge in [-0.15, -0.1) is 0 Å². The van der Waals surface area contributed by atoms with Crippen LogP contribution in [0, 0.1) is 0 Å². The molecule has 2 heterocycles. The van der Waals surface area contributed by atoms with E-state index in [1.165, 1.54) is 6.07 Å². The molecule has 2 N–H and O–H groups in total. The number of halogens is 1. The quantitative estimate of drug-likeness (QED) is 0.618. The Labute approximate surface area is 158 Å². The molecule has 0 aliphatic carbocycles. The van der Waals surface area contributed by atoms with E-state index < -0.39 is 5.91 Å². The summed E-state index contributed by atoms with van der Waals surface area (Å²) in [5.41, 5.74) is 1.99. The lowest BCUT2D eigenvalue weighted by Gasteiger charge is -2.05. The molecule has 2 amide bonds. The molecule has 0 bridgehead atoms. The van der Waals surface area contributed by atoms with Crippen molar-refractivity contribution in [2.24, 2.45) is 0 Å². The third-order valence-corrected chi connectivity index (χ3v) is 4.03. The second kappa shape index (κ2) is 8.48. The van der Waals surface area contributed by atoms with Crippen molar-refractivity contribution in [1.29, 1.82) is 0 Å². The summed E-state index contributed by atoms with van der Waals surface area (Å²) in [6, 6.07) is 12.9. The predicted molar refractivity (Wildman–Crippen MR) is 99.0 cm³/mol. The Bertz CT molecular complexity index is 889. The Morgan fingerprint density at radius 3 is 2.65 bits per heavy atom. The second-order valence-corrected chi connectivity index (χ2v) is 6.30. The van der Waals surface area contributed by atoms with E-state index in [4.69, 9.17) is 4.42 Å². The van der Waals surface area contributed by atoms with E-state index in [9.17, 15) is 9.59 Å². The summed E-state index contributed by atoms with van der Waals surface area (Å²) in [5.74, 6) is -0.549. The fourth-order valence-electron chi connectivity index (χ4n) is 2.30. The van der Waals surface area contributed by atoms with Crippen LogP contribution < -0.4 is 10.6 Å². The first-order chi connectivity index (χ1) is 12.6. The number of carbonyl (C=O) groups excluding carboxylic acids is 2. The maximum atomic E-state index is 11.8. The highest BCUT2D eigenvalue weighted by atomic mass is 79.9. The van der Waals surface area contributed by atoms with Gasteiger partial charge in [-0.05, 0) is 52.2 Å². The Hall–Kier alpha value is -2.87. The zero-order valence-electron chi connectivity index (χ0n) is 13.8. The van der Waals surface area contributed by atoms with Crippen LogP contribution in [0.1, 0.15) is 16.1 Å². The van der Waals surface area contributed by atoms with Crippen molar-refractivity contribution in [2.45, 2.75) is 6.42 Å². The Kier molecular flexibility index (Phi) is 5.85. The van der Waals surface area contributed by atoms with Crippen LogP contribution >= 0.6 is 15.9 Å². The normalized spacial score (nSPS) is 10.5. The maximum absolute atomic E-state index is 11.8. The van der Waals surface area contributed by atoms with Crippen LogP contribution in [0.15, 0.2) is 63.9 Å². The number of nitrogens with one attached hydrogen (secondary N) is 2. The molecule has 0 atom stereocenters. The lowest BCUT2D eigenvalue weighted by Crippen LogP contribution is -2.37. The molecule has 0 saturated heterocycles. The van der Waals surface area contributed by atoms with Crippen LogP contribution in [-0.4, -0.2) is 34.7 Å². The van der Waals surface area contributed by atoms with Gasteiger partial charge in [-0.3, -0.25) is 9.59 Å². The lowest BCUT2D eigenvalue weighted by molar-refractivity contribution is -0.120. The van der Waals surface area contributed by atoms with E-state index in [0.717, 1.165) is 11.3 Å². The second-order valence-electron chi connectivity index (χ2n) is 5.52. The number of para-hydroxylation sites is 1. The summed E-state index contributed by atoms with van der Waals surface area (Å²) in [7, 11) is 0. The molecule has 7 nitrogen and oxygen atoms in total. The molecule has 0 radical (unpaired) electrons. The van der Waals surface area contributed by atoms with Crippen LogP contribution in [0.4, 0.5) is 0 Å². The van der Waals surface area contributed by atoms with Crippen LogP contribution in [0.3, 0.4) is 0 Å². The van der Waals surface area contributed by atoms with Crippen molar-refractivity contribution in [3.05, 3.63) is 70.9 Å². The van der Waals surface area contributed by atoms with Crippen molar-refractivity contribution in [2.75, 3.05) is 13.1 Å². The monoisotopic (exact) mass is 416 g/mol. The van der Waals surface area contributed by atoms with E-state index >= 15 is 0 Å². The number of hydrogen-bond donors (Lipinski definition) is 2. The van der Waals surface area contributed by atoms with Gasteiger partial charge in [0.05, 0.1) is 18.4 Å². The van der Waals surface area contributed by atoms with Crippen molar-refractivity contribution in [3.8, 4) is 5.69 Å². The molecule has 8 heteroatoms. The molecular weight excluding hydrogens is 400 g/mol. The van der Waals surface area contributed by atoms with Gasteiger partial charge >= 0.3 is 0 Å². The molecule has 2 aromatic heterocycles. The highest BCUT2D eigenvalue weighted by molar-refractivity contribution is 9.10. The first-order valence-corrected chi connectivity index (χ1v) is 8.80. The number of nitrogens with zero attached hydrogens (tertiary/aromatic N) is 2. The van der Waals surface area contributed by atoms with Crippen molar-refractivity contribution >= 4 is 27.7 Å². The molecule has 0 fully saturated rings. The summed E-state index contributed by atoms with van der Waals surface area (Å²) in [6.45, 7) is 0.349. The highest BCUT2D eigenvalue weighted by Crippen LogP contribution is 2.13. The molecule has 0 saturated carbocycles. The number of furan rings is 1. The van der Waals surface area contributed by atoms with E-state index in [2.05, 4.69) is 31.7 Å². The molecule has 0 spiro atoms. The van der Waals surface area contributed by atoms with Crippen LogP contribution in [0.2, 0.25) is 0 Å². The standard InChI is InChI=1S/C18H17BrN4O3/c19-16-7-6-15(26-16)18(25)21-11-17(24)20-9-8-13-10-22-23(12-13)14-4-2-1-3-5-14/h1-7,10,12H,8-9,11H2,(H,20,24)(H,21,25). The van der Waals surface area contributed by atoms with E-state index in [1.54, 1.807) is 16.9 Å². The van der Waals surface area contributed by atoms with Gasteiger partial charge in [0.15, 0.2) is 10.4 Å². The van der Waals surface area contributed by atoms with E-state index in [-0.39, 0.29) is 18.2 Å². The average molecular weight is 417 g/mol. The topological polar surface area (TPSA) is 89.2 Å².